The van der Waals surface area contributed by atoms with Crippen LogP contribution in [0.25, 0.3) is 0 Å². The van der Waals surface area contributed by atoms with Gasteiger partial charge in [-0.3, -0.25) is 4.79 Å². The van der Waals surface area contributed by atoms with Crippen LogP contribution in [0, 0.1) is 12.8 Å². The summed E-state index contributed by atoms with van der Waals surface area (Å²) in [4.78, 5) is 19.5. The summed E-state index contributed by atoms with van der Waals surface area (Å²) < 4.78 is 0. The van der Waals surface area contributed by atoms with Gasteiger partial charge in [-0.1, -0.05) is 0 Å². The van der Waals surface area contributed by atoms with E-state index in [1.165, 1.54) is 0 Å². The molecule has 1 fully saturated rings. The van der Waals surface area contributed by atoms with E-state index in [9.17, 15) is 4.79 Å². The van der Waals surface area contributed by atoms with Crippen LogP contribution in [0.1, 0.15) is 18.7 Å². The Morgan fingerprint density at radius 2 is 2.31 bits per heavy atom. The highest BCUT2D eigenvalue weighted by Crippen LogP contribution is 2.28. The van der Waals surface area contributed by atoms with Crippen molar-refractivity contribution in [2.75, 3.05) is 18.4 Å². The number of carbonyl (C=O) groups excluding carboxylic acids is 1. The molecular weight excluding hydrogens is 204 g/mol. The fraction of sp³-hybridized carbons (Fsp3) is 0.545. The fourth-order valence-corrected chi connectivity index (χ4v) is 1.42. The maximum Gasteiger partial charge on any atom is 0.223 e. The van der Waals surface area contributed by atoms with Crippen molar-refractivity contribution in [3.8, 4) is 0 Å². The molecule has 0 unspecified atom stereocenters. The first-order valence-corrected chi connectivity index (χ1v) is 5.57. The van der Waals surface area contributed by atoms with E-state index in [0.717, 1.165) is 24.5 Å². The van der Waals surface area contributed by atoms with Crippen LogP contribution in [0.2, 0.25) is 0 Å². The van der Waals surface area contributed by atoms with E-state index in [1.807, 2.05) is 13.0 Å². The van der Waals surface area contributed by atoms with Crippen LogP contribution in [0.15, 0.2) is 12.3 Å². The number of aryl methyl sites for hydroxylation is 1. The molecule has 16 heavy (non-hydrogen) atoms. The van der Waals surface area contributed by atoms with Crippen molar-refractivity contribution in [3.63, 3.8) is 0 Å². The lowest BCUT2D eigenvalue weighted by atomic mass is 10.4. The zero-order chi connectivity index (χ0) is 11.4. The van der Waals surface area contributed by atoms with Crippen molar-refractivity contribution in [2.45, 2.75) is 19.8 Å². The summed E-state index contributed by atoms with van der Waals surface area (Å²) in [6, 6.07) is 1.82. The van der Waals surface area contributed by atoms with Crippen LogP contribution in [0.5, 0.6) is 0 Å². The summed E-state index contributed by atoms with van der Waals surface area (Å²) >= 11 is 0. The van der Waals surface area contributed by atoms with Crippen LogP contribution >= 0.6 is 0 Å². The van der Waals surface area contributed by atoms with Crippen LogP contribution in [0.4, 0.5) is 5.82 Å². The van der Waals surface area contributed by atoms with Gasteiger partial charge in [-0.2, -0.15) is 0 Å². The molecule has 2 rings (SSSR count). The molecule has 5 heteroatoms. The number of amides is 1. The van der Waals surface area contributed by atoms with Crippen molar-refractivity contribution in [3.05, 3.63) is 18.1 Å². The molecule has 2 N–H and O–H groups in total. The van der Waals surface area contributed by atoms with Crippen LogP contribution in [-0.4, -0.2) is 29.0 Å². The van der Waals surface area contributed by atoms with Crippen LogP contribution in [-0.2, 0) is 4.79 Å². The van der Waals surface area contributed by atoms with E-state index >= 15 is 0 Å². The Morgan fingerprint density at radius 3 is 3.00 bits per heavy atom. The monoisotopic (exact) mass is 220 g/mol. The minimum atomic E-state index is 0.181. The van der Waals surface area contributed by atoms with Gasteiger partial charge in [-0.05, 0) is 25.8 Å². The molecule has 1 aliphatic carbocycles. The van der Waals surface area contributed by atoms with Gasteiger partial charge in [0.1, 0.15) is 11.6 Å². The molecule has 86 valence electrons. The summed E-state index contributed by atoms with van der Waals surface area (Å²) in [6.07, 6.45) is 3.81. The lowest BCUT2D eigenvalue weighted by Crippen LogP contribution is -2.29. The maximum absolute atomic E-state index is 11.3. The first-order chi connectivity index (χ1) is 7.75. The standard InChI is InChI=1S/C11H16N4O/c1-8-12-5-4-10(15-8)13-6-7-14-11(16)9-2-3-9/h4-5,9H,2-3,6-7H2,1H3,(H,14,16)(H,12,13,15). The second kappa shape index (κ2) is 4.92. The average Bonchev–Trinajstić information content (AvgIpc) is 3.08. The van der Waals surface area contributed by atoms with E-state index in [1.54, 1.807) is 6.20 Å². The zero-order valence-electron chi connectivity index (χ0n) is 9.36. The number of aromatic nitrogens is 2. The Bertz CT molecular complexity index is 376. The Balaban J connectivity index is 1.65. The number of carbonyl (C=O) groups is 1. The molecule has 1 amide bonds. The molecule has 1 heterocycles. The molecule has 0 aliphatic heterocycles. The largest absolute Gasteiger partial charge is 0.368 e. The summed E-state index contributed by atoms with van der Waals surface area (Å²) in [5.74, 6) is 2.00. The molecule has 0 atom stereocenters. The number of anilines is 1. The van der Waals surface area contributed by atoms with Gasteiger partial charge in [0.05, 0.1) is 0 Å². The highest BCUT2D eigenvalue weighted by Gasteiger charge is 2.28. The van der Waals surface area contributed by atoms with E-state index < -0.39 is 0 Å². The third-order valence-corrected chi connectivity index (χ3v) is 2.45. The highest BCUT2D eigenvalue weighted by molar-refractivity contribution is 5.80. The second-order valence-corrected chi connectivity index (χ2v) is 3.98. The molecule has 1 aliphatic rings. The zero-order valence-corrected chi connectivity index (χ0v) is 9.36. The van der Waals surface area contributed by atoms with E-state index in [-0.39, 0.29) is 11.8 Å². The van der Waals surface area contributed by atoms with Crippen molar-refractivity contribution < 1.29 is 4.79 Å². The first kappa shape index (κ1) is 10.9. The molecule has 1 saturated carbocycles. The molecule has 5 nitrogen and oxygen atoms in total. The Kier molecular flexibility index (Phi) is 3.34. The molecule has 0 bridgehead atoms. The smallest absolute Gasteiger partial charge is 0.223 e. The van der Waals surface area contributed by atoms with Crippen molar-refractivity contribution >= 4 is 11.7 Å². The first-order valence-electron chi connectivity index (χ1n) is 5.57. The SMILES string of the molecule is Cc1nccc(NCCNC(=O)C2CC2)n1. The van der Waals surface area contributed by atoms with Gasteiger partial charge < -0.3 is 10.6 Å². The minimum Gasteiger partial charge on any atom is -0.368 e. The van der Waals surface area contributed by atoms with Crippen LogP contribution in [0.3, 0.4) is 0 Å². The van der Waals surface area contributed by atoms with Gasteiger partial charge in [-0.15, -0.1) is 0 Å². The minimum absolute atomic E-state index is 0.181. The average molecular weight is 220 g/mol. The van der Waals surface area contributed by atoms with Gasteiger partial charge in [0.15, 0.2) is 0 Å². The quantitative estimate of drug-likeness (QED) is 0.718. The van der Waals surface area contributed by atoms with E-state index in [0.29, 0.717) is 13.1 Å². The fourth-order valence-electron chi connectivity index (χ4n) is 1.42. The van der Waals surface area contributed by atoms with Crippen molar-refractivity contribution in [1.29, 1.82) is 0 Å². The summed E-state index contributed by atoms with van der Waals surface area (Å²) in [5.41, 5.74) is 0. The van der Waals surface area contributed by atoms with Crippen molar-refractivity contribution in [1.82, 2.24) is 15.3 Å². The highest BCUT2D eigenvalue weighted by atomic mass is 16.2. The van der Waals surface area contributed by atoms with Gasteiger partial charge in [0, 0.05) is 25.2 Å². The Hall–Kier alpha value is -1.65. The molecule has 0 radical (unpaired) electrons. The molecule has 1 aromatic rings. The lowest BCUT2D eigenvalue weighted by molar-refractivity contribution is -0.122. The number of rotatable bonds is 5. The second-order valence-electron chi connectivity index (χ2n) is 3.98. The van der Waals surface area contributed by atoms with Gasteiger partial charge >= 0.3 is 0 Å². The molecular formula is C11H16N4O. The van der Waals surface area contributed by atoms with Crippen molar-refractivity contribution in [2.24, 2.45) is 5.92 Å². The molecule has 0 saturated heterocycles. The number of nitrogens with zero attached hydrogens (tertiary/aromatic N) is 2. The predicted molar refractivity (Wildman–Crippen MR) is 61.0 cm³/mol. The molecule has 0 spiro atoms. The predicted octanol–water partition coefficient (Wildman–Crippen LogP) is 0.723. The Morgan fingerprint density at radius 1 is 1.50 bits per heavy atom. The van der Waals surface area contributed by atoms with E-state index in [4.69, 9.17) is 0 Å². The van der Waals surface area contributed by atoms with Gasteiger partial charge in [0.25, 0.3) is 0 Å². The maximum atomic E-state index is 11.3. The normalized spacial score (nSPS) is 14.6. The third kappa shape index (κ3) is 3.18. The van der Waals surface area contributed by atoms with Gasteiger partial charge in [0.2, 0.25) is 5.91 Å². The van der Waals surface area contributed by atoms with Gasteiger partial charge in [-0.25, -0.2) is 9.97 Å². The lowest BCUT2D eigenvalue weighted by Gasteiger charge is -2.06. The number of hydrogen-bond acceptors (Lipinski definition) is 4. The summed E-state index contributed by atoms with van der Waals surface area (Å²) in [7, 11) is 0. The summed E-state index contributed by atoms with van der Waals surface area (Å²) in [6.45, 7) is 3.17. The molecule has 0 aromatic carbocycles. The third-order valence-electron chi connectivity index (χ3n) is 2.45. The van der Waals surface area contributed by atoms with Crippen LogP contribution < -0.4 is 10.6 Å². The van der Waals surface area contributed by atoms with E-state index in [2.05, 4.69) is 20.6 Å². The topological polar surface area (TPSA) is 66.9 Å². The number of hydrogen-bond donors (Lipinski definition) is 2. The number of nitrogens with one attached hydrogen (secondary N) is 2. The summed E-state index contributed by atoms with van der Waals surface area (Å²) in [5, 5.41) is 6.02. The Labute approximate surface area is 94.7 Å². The molecule has 1 aromatic heterocycles.